The minimum Gasteiger partial charge on any atom is -0.496 e. The van der Waals surface area contributed by atoms with Gasteiger partial charge in [0.15, 0.2) is 0 Å². The number of nitrogens with one attached hydrogen (secondary N) is 1. The molecule has 1 aliphatic rings. The predicted octanol–water partition coefficient (Wildman–Crippen LogP) is 7.78. The van der Waals surface area contributed by atoms with Crippen molar-refractivity contribution in [1.29, 1.82) is 0 Å². The number of benzene rings is 2. The van der Waals surface area contributed by atoms with Crippen LogP contribution in [0.1, 0.15) is 40.9 Å². The van der Waals surface area contributed by atoms with Crippen molar-refractivity contribution in [1.82, 2.24) is 15.2 Å². The monoisotopic (exact) mass is 609 g/mol. The average Bonchev–Trinajstić information content (AvgIpc) is 3.29. The summed E-state index contributed by atoms with van der Waals surface area (Å²) in [6, 6.07) is 15.2. The van der Waals surface area contributed by atoms with Gasteiger partial charge in [-0.2, -0.15) is 0 Å². The molecule has 1 N–H and O–H groups in total. The van der Waals surface area contributed by atoms with Crippen LogP contribution in [0.4, 0.5) is 4.39 Å². The Morgan fingerprint density at radius 2 is 1.82 bits per heavy atom. The summed E-state index contributed by atoms with van der Waals surface area (Å²) in [5.41, 5.74) is 2.96. The first-order valence-corrected chi connectivity index (χ1v) is 13.6. The van der Waals surface area contributed by atoms with E-state index in [0.717, 1.165) is 42.4 Å². The molecule has 0 atom stereocenters. The van der Waals surface area contributed by atoms with Crippen molar-refractivity contribution in [2.45, 2.75) is 44.3 Å². The van der Waals surface area contributed by atoms with Crippen molar-refractivity contribution in [3.05, 3.63) is 82.2 Å². The van der Waals surface area contributed by atoms with E-state index in [1.165, 1.54) is 17.4 Å². The van der Waals surface area contributed by atoms with Crippen LogP contribution in [0.3, 0.4) is 0 Å². The first kappa shape index (κ1) is 31.1. The molecule has 0 saturated heterocycles. The number of amides is 1. The van der Waals surface area contributed by atoms with Crippen LogP contribution in [0, 0.1) is 5.82 Å². The molecule has 10 heteroatoms. The number of methoxy groups -OCH3 is 1. The van der Waals surface area contributed by atoms with Crippen LogP contribution < -0.4 is 10.1 Å². The first-order chi connectivity index (χ1) is 18.0. The van der Waals surface area contributed by atoms with Crippen molar-refractivity contribution in [2.24, 2.45) is 0 Å². The summed E-state index contributed by atoms with van der Waals surface area (Å²) in [7, 11) is 3.62. The number of thiophene rings is 1. The van der Waals surface area contributed by atoms with E-state index in [0.29, 0.717) is 33.3 Å². The molecule has 0 bridgehead atoms. The lowest BCUT2D eigenvalue weighted by atomic mass is 9.89. The fourth-order valence-electron chi connectivity index (χ4n) is 5.19. The van der Waals surface area contributed by atoms with Gasteiger partial charge in [-0.3, -0.25) is 9.78 Å². The Balaban J connectivity index is 0.00000210. The molecule has 4 aromatic rings. The Morgan fingerprint density at radius 3 is 2.46 bits per heavy atom. The quantitative estimate of drug-likeness (QED) is 0.232. The highest BCUT2D eigenvalue weighted by atomic mass is 35.5. The van der Waals surface area contributed by atoms with Gasteiger partial charge < -0.3 is 15.0 Å². The van der Waals surface area contributed by atoms with E-state index in [4.69, 9.17) is 16.3 Å². The Kier molecular flexibility index (Phi) is 11.0. The summed E-state index contributed by atoms with van der Waals surface area (Å²) >= 11 is 7.89. The molecule has 2 aromatic heterocycles. The molecular weight excluding hydrogens is 580 g/mol. The Hall–Kier alpha value is -2.42. The maximum Gasteiger partial charge on any atom is 0.266 e. The van der Waals surface area contributed by atoms with Crippen LogP contribution in [0.25, 0.3) is 21.2 Å². The molecule has 5 nitrogen and oxygen atoms in total. The van der Waals surface area contributed by atoms with E-state index >= 15 is 0 Å². The van der Waals surface area contributed by atoms with E-state index in [9.17, 15) is 9.18 Å². The van der Waals surface area contributed by atoms with Crippen molar-refractivity contribution >= 4 is 63.7 Å². The normalized spacial score (nSPS) is 16.7. The molecule has 1 aliphatic carbocycles. The zero-order valence-corrected chi connectivity index (χ0v) is 24.9. The number of nitrogens with zero attached hydrogens (tertiary/aromatic N) is 2. The number of aromatic nitrogens is 1. The fraction of sp³-hybridized carbons (Fsp3) is 0.310. The molecule has 1 amide bonds. The molecule has 5 rings (SSSR count). The van der Waals surface area contributed by atoms with Gasteiger partial charge in [0.2, 0.25) is 0 Å². The Bertz CT molecular complexity index is 1410. The summed E-state index contributed by atoms with van der Waals surface area (Å²) < 4.78 is 21.0. The molecular formula is C29H31Cl3FN3O2S. The van der Waals surface area contributed by atoms with E-state index in [1.54, 1.807) is 31.6 Å². The van der Waals surface area contributed by atoms with Crippen LogP contribution in [-0.2, 0) is 6.54 Å². The number of hydrogen-bond acceptors (Lipinski definition) is 5. The minimum atomic E-state index is -0.411. The van der Waals surface area contributed by atoms with Gasteiger partial charge in [-0.1, -0.05) is 23.7 Å². The van der Waals surface area contributed by atoms with E-state index < -0.39 is 5.82 Å². The highest BCUT2D eigenvalue weighted by molar-refractivity contribution is 7.21. The summed E-state index contributed by atoms with van der Waals surface area (Å²) in [6.45, 7) is 0.364. The first-order valence-electron chi connectivity index (χ1n) is 12.4. The fourth-order valence-corrected chi connectivity index (χ4v) is 6.70. The zero-order valence-electron chi connectivity index (χ0n) is 21.7. The number of rotatable bonds is 7. The molecule has 0 radical (unpaired) electrons. The third-order valence-electron chi connectivity index (χ3n) is 7.24. The predicted molar refractivity (Wildman–Crippen MR) is 162 cm³/mol. The number of halogens is 4. The summed E-state index contributed by atoms with van der Waals surface area (Å²) in [4.78, 5) is 20.5. The highest BCUT2D eigenvalue weighted by Crippen LogP contribution is 2.39. The molecule has 2 aromatic carbocycles. The Labute approximate surface area is 249 Å². The third kappa shape index (κ3) is 6.50. The van der Waals surface area contributed by atoms with Crippen LogP contribution >= 0.6 is 47.8 Å². The number of carbonyl (C=O) groups excluding carboxylic acids is 1. The van der Waals surface area contributed by atoms with Crippen LogP contribution in [0.5, 0.6) is 5.75 Å². The second-order valence-corrected chi connectivity index (χ2v) is 10.8. The number of hydrogen-bond donors (Lipinski definition) is 1. The van der Waals surface area contributed by atoms with Gasteiger partial charge in [-0.15, -0.1) is 36.2 Å². The number of fused-ring (bicyclic) bond motifs is 1. The van der Waals surface area contributed by atoms with Gasteiger partial charge >= 0.3 is 0 Å². The lowest BCUT2D eigenvalue weighted by molar-refractivity contribution is 0.0604. The second-order valence-electron chi connectivity index (χ2n) is 9.35. The summed E-state index contributed by atoms with van der Waals surface area (Å²) in [5, 5.41) is 3.86. The standard InChI is InChI=1S/C29H29ClFN3O2S.2ClH/c1-32-21-7-9-22(10-8-21)34(29(35)28-27(30)26-23(31)4-3-5-25(26)37-28)17-20-16-19(6-11-24(20)36-2)18-12-14-33-15-13-18;;/h3-6,11-16,21-22,32H,7-10,17H2,1-2H3;2*1H. The molecule has 39 heavy (non-hydrogen) atoms. The number of pyridine rings is 1. The minimum absolute atomic E-state index is 0. The van der Waals surface area contributed by atoms with Crippen molar-refractivity contribution in [3.63, 3.8) is 0 Å². The highest BCUT2D eigenvalue weighted by Gasteiger charge is 2.32. The van der Waals surface area contributed by atoms with Gasteiger partial charge in [-0.05, 0) is 80.3 Å². The third-order valence-corrected chi connectivity index (χ3v) is 8.87. The molecule has 0 unspecified atom stereocenters. The van der Waals surface area contributed by atoms with Crippen LogP contribution in [0.15, 0.2) is 60.9 Å². The molecule has 1 saturated carbocycles. The van der Waals surface area contributed by atoms with Crippen molar-refractivity contribution < 1.29 is 13.9 Å². The maximum absolute atomic E-state index is 14.6. The summed E-state index contributed by atoms with van der Waals surface area (Å²) in [6.07, 6.45) is 7.23. The largest absolute Gasteiger partial charge is 0.496 e. The van der Waals surface area contributed by atoms with Gasteiger partial charge in [-0.25, -0.2) is 4.39 Å². The molecule has 0 spiro atoms. The molecule has 1 fully saturated rings. The van der Waals surface area contributed by atoms with E-state index in [1.807, 2.05) is 36.2 Å². The van der Waals surface area contributed by atoms with E-state index in [2.05, 4.69) is 16.4 Å². The molecule has 2 heterocycles. The zero-order chi connectivity index (χ0) is 25.9. The van der Waals surface area contributed by atoms with Gasteiger partial charge in [0.05, 0.1) is 12.1 Å². The van der Waals surface area contributed by atoms with Crippen LogP contribution in [-0.4, -0.2) is 42.0 Å². The van der Waals surface area contributed by atoms with E-state index in [-0.39, 0.29) is 41.8 Å². The molecule has 0 aliphatic heterocycles. The topological polar surface area (TPSA) is 54.5 Å². The smallest absolute Gasteiger partial charge is 0.266 e. The second kappa shape index (κ2) is 13.8. The lowest BCUT2D eigenvalue weighted by Crippen LogP contribution is -2.44. The maximum atomic E-state index is 14.6. The van der Waals surface area contributed by atoms with Crippen molar-refractivity contribution in [3.8, 4) is 16.9 Å². The van der Waals surface area contributed by atoms with Gasteiger partial charge in [0, 0.05) is 46.7 Å². The lowest BCUT2D eigenvalue weighted by Gasteiger charge is -2.37. The average molecular weight is 611 g/mol. The van der Waals surface area contributed by atoms with Gasteiger partial charge in [0.1, 0.15) is 16.4 Å². The van der Waals surface area contributed by atoms with Gasteiger partial charge in [0.25, 0.3) is 5.91 Å². The SMILES string of the molecule is CNC1CCC(N(Cc2cc(-c3ccncc3)ccc2OC)C(=O)c2sc3cccc(F)c3c2Cl)CC1.Cl.Cl. The van der Waals surface area contributed by atoms with Crippen LogP contribution in [0.2, 0.25) is 5.02 Å². The van der Waals surface area contributed by atoms with Crippen molar-refractivity contribution in [2.75, 3.05) is 14.2 Å². The number of ether oxygens (including phenoxy) is 1. The number of carbonyl (C=O) groups is 1. The molecule has 208 valence electrons. The summed E-state index contributed by atoms with van der Waals surface area (Å²) in [5.74, 6) is 0.133. The Morgan fingerprint density at radius 1 is 1.10 bits per heavy atom.